The Kier molecular flexibility index (Phi) is 2.59. The van der Waals surface area contributed by atoms with E-state index in [1.165, 1.54) is 41.6 Å². The molecule has 0 fully saturated rings. The number of aryl methyl sites for hydroxylation is 3. The molecule has 0 radical (unpaired) electrons. The number of hydrogen-bond donors (Lipinski definition) is 1. The van der Waals surface area contributed by atoms with Crippen LogP contribution in [0.15, 0.2) is 30.6 Å². The van der Waals surface area contributed by atoms with Crippen molar-refractivity contribution in [3.8, 4) is 0 Å². The number of aromatic nitrogens is 2. The SMILES string of the molecule is Cn1cc(CNc2ccc3c(c2)CCC3)cn1. The third kappa shape index (κ3) is 2.18. The van der Waals surface area contributed by atoms with Crippen LogP contribution in [0.2, 0.25) is 0 Å². The predicted molar refractivity (Wildman–Crippen MR) is 69.0 cm³/mol. The second-order valence-corrected chi connectivity index (χ2v) is 4.71. The van der Waals surface area contributed by atoms with Crippen LogP contribution in [0.1, 0.15) is 23.1 Å². The van der Waals surface area contributed by atoms with Crippen molar-refractivity contribution in [2.75, 3.05) is 5.32 Å². The molecule has 3 rings (SSSR count). The van der Waals surface area contributed by atoms with E-state index in [0.29, 0.717) is 0 Å². The van der Waals surface area contributed by atoms with Gasteiger partial charge in [0.1, 0.15) is 0 Å². The molecule has 0 amide bonds. The summed E-state index contributed by atoms with van der Waals surface area (Å²) in [6.45, 7) is 0.840. The number of rotatable bonds is 3. The van der Waals surface area contributed by atoms with Crippen molar-refractivity contribution >= 4 is 5.69 Å². The molecule has 1 aliphatic carbocycles. The molecule has 1 aliphatic rings. The van der Waals surface area contributed by atoms with E-state index in [1.807, 2.05) is 24.1 Å². The van der Waals surface area contributed by atoms with Crippen LogP contribution in [0, 0.1) is 0 Å². The van der Waals surface area contributed by atoms with Gasteiger partial charge in [-0.2, -0.15) is 5.10 Å². The lowest BCUT2D eigenvalue weighted by atomic mass is 10.1. The number of benzene rings is 1. The van der Waals surface area contributed by atoms with Gasteiger partial charge in [-0.25, -0.2) is 0 Å². The summed E-state index contributed by atoms with van der Waals surface area (Å²) in [4.78, 5) is 0. The monoisotopic (exact) mass is 227 g/mol. The molecule has 0 atom stereocenters. The maximum absolute atomic E-state index is 4.16. The zero-order chi connectivity index (χ0) is 11.7. The third-order valence-corrected chi connectivity index (χ3v) is 3.35. The van der Waals surface area contributed by atoms with Crippen LogP contribution in [0.4, 0.5) is 5.69 Å². The minimum Gasteiger partial charge on any atom is -0.381 e. The minimum atomic E-state index is 0.840. The fourth-order valence-corrected chi connectivity index (χ4v) is 2.45. The van der Waals surface area contributed by atoms with E-state index in [1.54, 1.807) is 0 Å². The van der Waals surface area contributed by atoms with Crippen molar-refractivity contribution in [1.29, 1.82) is 0 Å². The lowest BCUT2D eigenvalue weighted by Gasteiger charge is -2.07. The van der Waals surface area contributed by atoms with Crippen LogP contribution in [-0.4, -0.2) is 9.78 Å². The minimum absolute atomic E-state index is 0.840. The predicted octanol–water partition coefficient (Wildman–Crippen LogP) is 2.52. The normalized spacial score (nSPS) is 13.7. The van der Waals surface area contributed by atoms with Crippen LogP contribution in [0.5, 0.6) is 0 Å². The van der Waals surface area contributed by atoms with Crippen molar-refractivity contribution in [1.82, 2.24) is 9.78 Å². The highest BCUT2D eigenvalue weighted by Gasteiger charge is 2.10. The average Bonchev–Trinajstić information content (AvgIpc) is 2.94. The molecule has 1 heterocycles. The van der Waals surface area contributed by atoms with Crippen molar-refractivity contribution < 1.29 is 0 Å². The van der Waals surface area contributed by atoms with Gasteiger partial charge >= 0.3 is 0 Å². The molecule has 1 N–H and O–H groups in total. The first kappa shape index (κ1) is 10.4. The van der Waals surface area contributed by atoms with E-state index in [2.05, 4.69) is 28.6 Å². The first-order chi connectivity index (χ1) is 8.31. The van der Waals surface area contributed by atoms with Gasteiger partial charge in [0.15, 0.2) is 0 Å². The van der Waals surface area contributed by atoms with E-state index in [4.69, 9.17) is 0 Å². The molecule has 0 bridgehead atoms. The van der Waals surface area contributed by atoms with Gasteiger partial charge in [0.05, 0.1) is 6.20 Å². The van der Waals surface area contributed by atoms with Crippen LogP contribution in [0.3, 0.4) is 0 Å². The van der Waals surface area contributed by atoms with Crippen molar-refractivity contribution in [3.05, 3.63) is 47.3 Å². The van der Waals surface area contributed by atoms with Gasteiger partial charge in [-0.15, -0.1) is 0 Å². The summed E-state index contributed by atoms with van der Waals surface area (Å²) in [7, 11) is 1.94. The van der Waals surface area contributed by atoms with Crippen molar-refractivity contribution in [2.24, 2.45) is 7.05 Å². The molecule has 1 aromatic heterocycles. The molecule has 0 aliphatic heterocycles. The van der Waals surface area contributed by atoms with E-state index in [-0.39, 0.29) is 0 Å². The highest BCUT2D eigenvalue weighted by atomic mass is 15.2. The van der Waals surface area contributed by atoms with E-state index in [9.17, 15) is 0 Å². The standard InChI is InChI=1S/C14H17N3/c1-17-10-11(9-16-17)8-15-14-6-5-12-3-2-4-13(12)7-14/h5-7,9-10,15H,2-4,8H2,1H3. The summed E-state index contributed by atoms with van der Waals surface area (Å²) < 4.78 is 1.83. The summed E-state index contributed by atoms with van der Waals surface area (Å²) in [5.74, 6) is 0. The first-order valence-electron chi connectivity index (χ1n) is 6.14. The molecular weight excluding hydrogens is 210 g/mol. The molecule has 0 saturated carbocycles. The Labute approximate surface area is 101 Å². The van der Waals surface area contributed by atoms with Crippen LogP contribution >= 0.6 is 0 Å². The molecule has 88 valence electrons. The Morgan fingerprint density at radius 1 is 1.29 bits per heavy atom. The Hall–Kier alpha value is -1.77. The van der Waals surface area contributed by atoms with Gasteiger partial charge < -0.3 is 5.32 Å². The molecule has 3 heteroatoms. The van der Waals surface area contributed by atoms with E-state index < -0.39 is 0 Å². The summed E-state index contributed by atoms with van der Waals surface area (Å²) in [6.07, 6.45) is 7.73. The topological polar surface area (TPSA) is 29.9 Å². The third-order valence-electron chi connectivity index (χ3n) is 3.35. The van der Waals surface area contributed by atoms with Crippen LogP contribution in [0.25, 0.3) is 0 Å². The van der Waals surface area contributed by atoms with Crippen LogP contribution in [-0.2, 0) is 26.4 Å². The van der Waals surface area contributed by atoms with Gasteiger partial charge in [-0.05, 0) is 42.5 Å². The van der Waals surface area contributed by atoms with Crippen LogP contribution < -0.4 is 5.32 Å². The van der Waals surface area contributed by atoms with E-state index >= 15 is 0 Å². The zero-order valence-electron chi connectivity index (χ0n) is 10.1. The molecule has 0 saturated heterocycles. The largest absolute Gasteiger partial charge is 0.381 e. The Morgan fingerprint density at radius 3 is 3.00 bits per heavy atom. The number of anilines is 1. The second kappa shape index (κ2) is 4.24. The smallest absolute Gasteiger partial charge is 0.0539 e. The number of nitrogens with one attached hydrogen (secondary N) is 1. The maximum atomic E-state index is 4.16. The Morgan fingerprint density at radius 2 is 2.18 bits per heavy atom. The molecule has 3 nitrogen and oxygen atoms in total. The first-order valence-corrected chi connectivity index (χ1v) is 6.14. The van der Waals surface area contributed by atoms with E-state index in [0.717, 1.165) is 6.54 Å². The molecular formula is C14H17N3. The number of nitrogens with zero attached hydrogens (tertiary/aromatic N) is 2. The second-order valence-electron chi connectivity index (χ2n) is 4.71. The average molecular weight is 227 g/mol. The molecule has 0 unspecified atom stereocenters. The van der Waals surface area contributed by atoms with Gasteiger partial charge in [0.25, 0.3) is 0 Å². The molecule has 2 aromatic rings. The van der Waals surface area contributed by atoms with Gasteiger partial charge in [0, 0.05) is 31.0 Å². The number of hydrogen-bond acceptors (Lipinski definition) is 2. The lowest BCUT2D eigenvalue weighted by molar-refractivity contribution is 0.767. The summed E-state index contributed by atoms with van der Waals surface area (Å²) in [5.41, 5.74) is 5.47. The summed E-state index contributed by atoms with van der Waals surface area (Å²) >= 11 is 0. The van der Waals surface area contributed by atoms with Gasteiger partial charge in [-0.1, -0.05) is 6.07 Å². The highest BCUT2D eigenvalue weighted by Crippen LogP contribution is 2.25. The quantitative estimate of drug-likeness (QED) is 0.873. The summed E-state index contributed by atoms with van der Waals surface area (Å²) in [6, 6.07) is 6.73. The molecule has 0 spiro atoms. The fraction of sp³-hybridized carbons (Fsp3) is 0.357. The van der Waals surface area contributed by atoms with Gasteiger partial charge in [-0.3, -0.25) is 4.68 Å². The zero-order valence-corrected chi connectivity index (χ0v) is 10.1. The van der Waals surface area contributed by atoms with Crippen molar-refractivity contribution in [2.45, 2.75) is 25.8 Å². The van der Waals surface area contributed by atoms with Gasteiger partial charge in [0.2, 0.25) is 0 Å². The lowest BCUT2D eigenvalue weighted by Crippen LogP contribution is -1.99. The highest BCUT2D eigenvalue weighted by molar-refractivity contribution is 5.50. The number of fused-ring (bicyclic) bond motifs is 1. The van der Waals surface area contributed by atoms with Crippen molar-refractivity contribution in [3.63, 3.8) is 0 Å². The Balaban J connectivity index is 1.69. The molecule has 1 aromatic carbocycles. The Bertz CT molecular complexity index is 528. The maximum Gasteiger partial charge on any atom is 0.0539 e. The fourth-order valence-electron chi connectivity index (χ4n) is 2.45. The summed E-state index contributed by atoms with van der Waals surface area (Å²) in [5, 5.41) is 7.61. The molecule has 17 heavy (non-hydrogen) atoms.